The molecule has 1 rings (SSSR count). The van der Waals surface area contributed by atoms with E-state index in [-0.39, 0.29) is 0 Å². The number of aliphatic imine (C=N–C) groups is 1. The van der Waals surface area contributed by atoms with Crippen LogP contribution in [0.3, 0.4) is 0 Å². The standard InChI is InChI=1S/C6H8N2O2/c1-8(2)3-5-6(9)10-4-7-5/h3-4H,1-2H3/b5-3+. The monoisotopic (exact) mass is 140 g/mol. The number of hydrogen-bond acceptors (Lipinski definition) is 4. The zero-order chi connectivity index (χ0) is 7.56. The Morgan fingerprint density at radius 3 is 2.80 bits per heavy atom. The molecule has 1 aliphatic heterocycles. The lowest BCUT2D eigenvalue weighted by Gasteiger charge is -2.02. The van der Waals surface area contributed by atoms with Gasteiger partial charge in [-0.05, 0) is 0 Å². The first-order chi connectivity index (χ1) is 4.70. The molecule has 0 amide bonds. The van der Waals surface area contributed by atoms with Crippen molar-refractivity contribution in [1.29, 1.82) is 0 Å². The van der Waals surface area contributed by atoms with Crippen molar-refractivity contribution in [3.8, 4) is 0 Å². The second kappa shape index (κ2) is 2.51. The first kappa shape index (κ1) is 6.80. The van der Waals surface area contributed by atoms with Gasteiger partial charge in [0.2, 0.25) is 0 Å². The molecule has 0 aromatic heterocycles. The molecule has 10 heavy (non-hydrogen) atoms. The molecule has 0 N–H and O–H groups in total. The summed E-state index contributed by atoms with van der Waals surface area (Å²) in [6.07, 6.45) is 2.74. The highest BCUT2D eigenvalue weighted by Crippen LogP contribution is 2.05. The molecule has 4 nitrogen and oxygen atoms in total. The molecule has 0 aliphatic carbocycles. The lowest BCUT2D eigenvalue weighted by molar-refractivity contribution is -0.129. The average Bonchev–Trinajstić information content (AvgIpc) is 2.15. The fourth-order valence-electron chi connectivity index (χ4n) is 0.575. The van der Waals surface area contributed by atoms with E-state index >= 15 is 0 Å². The van der Waals surface area contributed by atoms with Gasteiger partial charge in [0.15, 0.2) is 12.1 Å². The fraction of sp³-hybridized carbons (Fsp3) is 0.333. The largest absolute Gasteiger partial charge is 0.410 e. The molecule has 0 atom stereocenters. The van der Waals surface area contributed by atoms with Gasteiger partial charge in [-0.15, -0.1) is 0 Å². The van der Waals surface area contributed by atoms with Crippen LogP contribution in [0.4, 0.5) is 0 Å². The van der Waals surface area contributed by atoms with E-state index in [1.165, 1.54) is 0 Å². The highest BCUT2D eigenvalue weighted by atomic mass is 16.5. The van der Waals surface area contributed by atoms with Crippen molar-refractivity contribution in [1.82, 2.24) is 4.90 Å². The zero-order valence-electron chi connectivity index (χ0n) is 5.87. The highest BCUT2D eigenvalue weighted by molar-refractivity contribution is 5.97. The van der Waals surface area contributed by atoms with E-state index in [1.807, 2.05) is 14.1 Å². The summed E-state index contributed by atoms with van der Waals surface area (Å²) in [7, 11) is 3.63. The van der Waals surface area contributed by atoms with Crippen molar-refractivity contribution in [2.45, 2.75) is 0 Å². The Hall–Kier alpha value is -1.32. The Morgan fingerprint density at radius 1 is 1.70 bits per heavy atom. The normalized spacial score (nSPS) is 19.8. The van der Waals surface area contributed by atoms with Gasteiger partial charge in [-0.3, -0.25) is 0 Å². The van der Waals surface area contributed by atoms with Crippen LogP contribution in [0.2, 0.25) is 0 Å². The van der Waals surface area contributed by atoms with Crippen molar-refractivity contribution in [2.24, 2.45) is 4.99 Å². The van der Waals surface area contributed by atoms with E-state index in [2.05, 4.69) is 9.73 Å². The molecule has 4 heteroatoms. The third kappa shape index (κ3) is 1.34. The third-order valence-electron chi connectivity index (χ3n) is 0.941. The summed E-state index contributed by atoms with van der Waals surface area (Å²) in [5.74, 6) is -0.395. The van der Waals surface area contributed by atoms with Crippen LogP contribution in [-0.4, -0.2) is 31.4 Å². The molecule has 1 heterocycles. The van der Waals surface area contributed by atoms with Crippen LogP contribution >= 0.6 is 0 Å². The topological polar surface area (TPSA) is 41.9 Å². The minimum Gasteiger partial charge on any atom is -0.410 e. The second-order valence-electron chi connectivity index (χ2n) is 2.12. The predicted octanol–water partition coefficient (Wildman–Crippen LogP) is -0.0255. The maximum Gasteiger partial charge on any atom is 0.364 e. The van der Waals surface area contributed by atoms with Gasteiger partial charge in [0, 0.05) is 20.3 Å². The van der Waals surface area contributed by atoms with Crippen LogP contribution < -0.4 is 0 Å². The smallest absolute Gasteiger partial charge is 0.364 e. The lowest BCUT2D eigenvalue weighted by Crippen LogP contribution is -2.05. The minimum atomic E-state index is -0.395. The SMILES string of the molecule is CN(C)/C=C1/N=COC1=O. The molecule has 0 radical (unpaired) electrons. The highest BCUT2D eigenvalue weighted by Gasteiger charge is 2.14. The van der Waals surface area contributed by atoms with E-state index in [9.17, 15) is 4.79 Å². The van der Waals surface area contributed by atoms with Gasteiger partial charge in [0.1, 0.15) is 0 Å². The summed E-state index contributed by atoms with van der Waals surface area (Å²) in [5.41, 5.74) is 0.338. The number of cyclic esters (lactones) is 1. The van der Waals surface area contributed by atoms with Crippen LogP contribution in [0.5, 0.6) is 0 Å². The Morgan fingerprint density at radius 2 is 2.40 bits per heavy atom. The maximum absolute atomic E-state index is 10.7. The van der Waals surface area contributed by atoms with Gasteiger partial charge < -0.3 is 9.64 Å². The molecule has 0 spiro atoms. The van der Waals surface area contributed by atoms with E-state index in [1.54, 1.807) is 11.1 Å². The number of rotatable bonds is 1. The van der Waals surface area contributed by atoms with Crippen molar-refractivity contribution in [3.63, 3.8) is 0 Å². The van der Waals surface area contributed by atoms with E-state index in [4.69, 9.17) is 0 Å². The van der Waals surface area contributed by atoms with Crippen molar-refractivity contribution >= 4 is 12.4 Å². The first-order valence-electron chi connectivity index (χ1n) is 2.82. The third-order valence-corrected chi connectivity index (χ3v) is 0.941. The van der Waals surface area contributed by atoms with Crippen LogP contribution in [-0.2, 0) is 9.53 Å². The number of hydrogen-bond donors (Lipinski definition) is 0. The Kier molecular flexibility index (Phi) is 1.71. The summed E-state index contributed by atoms with van der Waals surface area (Å²) >= 11 is 0. The van der Waals surface area contributed by atoms with Crippen LogP contribution in [0.25, 0.3) is 0 Å². The number of carbonyl (C=O) groups is 1. The lowest BCUT2D eigenvalue weighted by atomic mass is 10.5. The van der Waals surface area contributed by atoms with Gasteiger partial charge in [0.25, 0.3) is 0 Å². The Balaban J connectivity index is 2.72. The van der Waals surface area contributed by atoms with Gasteiger partial charge in [-0.25, -0.2) is 9.79 Å². The Labute approximate surface area is 58.8 Å². The summed E-state index contributed by atoms with van der Waals surface area (Å²) in [6.45, 7) is 0. The average molecular weight is 140 g/mol. The van der Waals surface area contributed by atoms with Crippen LogP contribution in [0.15, 0.2) is 16.9 Å². The number of ether oxygens (including phenoxy) is 1. The molecule has 54 valence electrons. The van der Waals surface area contributed by atoms with Gasteiger partial charge in [0.05, 0.1) is 0 Å². The molecule has 0 aromatic rings. The molecule has 0 aromatic carbocycles. The number of nitrogens with zero attached hydrogens (tertiary/aromatic N) is 2. The quantitative estimate of drug-likeness (QED) is 0.379. The maximum atomic E-state index is 10.7. The van der Waals surface area contributed by atoms with E-state index in [0.29, 0.717) is 5.70 Å². The molecule has 0 bridgehead atoms. The Bertz CT molecular complexity index is 206. The van der Waals surface area contributed by atoms with Gasteiger partial charge in [-0.2, -0.15) is 0 Å². The van der Waals surface area contributed by atoms with Gasteiger partial charge in [-0.1, -0.05) is 0 Å². The molecular formula is C6H8N2O2. The predicted molar refractivity (Wildman–Crippen MR) is 36.4 cm³/mol. The molecule has 0 saturated heterocycles. The molecule has 1 aliphatic rings. The summed E-state index contributed by atoms with van der Waals surface area (Å²) in [5, 5.41) is 0. The molecule has 0 unspecified atom stereocenters. The van der Waals surface area contributed by atoms with Gasteiger partial charge >= 0.3 is 5.97 Å². The van der Waals surface area contributed by atoms with Crippen LogP contribution in [0.1, 0.15) is 0 Å². The summed E-state index contributed by atoms with van der Waals surface area (Å²) < 4.78 is 4.44. The van der Waals surface area contributed by atoms with Crippen molar-refractivity contribution in [3.05, 3.63) is 11.9 Å². The zero-order valence-corrected chi connectivity index (χ0v) is 5.87. The van der Waals surface area contributed by atoms with Crippen molar-refractivity contribution < 1.29 is 9.53 Å². The second-order valence-corrected chi connectivity index (χ2v) is 2.12. The summed E-state index contributed by atoms with van der Waals surface area (Å²) in [6, 6.07) is 0. The van der Waals surface area contributed by atoms with Crippen LogP contribution in [0, 0.1) is 0 Å². The molecular weight excluding hydrogens is 132 g/mol. The fourth-order valence-corrected chi connectivity index (χ4v) is 0.575. The molecule has 0 saturated carbocycles. The van der Waals surface area contributed by atoms with E-state index in [0.717, 1.165) is 6.40 Å². The van der Waals surface area contributed by atoms with Crippen molar-refractivity contribution in [2.75, 3.05) is 14.1 Å². The summed E-state index contributed by atoms with van der Waals surface area (Å²) in [4.78, 5) is 16.1. The minimum absolute atomic E-state index is 0.338. The molecule has 0 fully saturated rings. The van der Waals surface area contributed by atoms with E-state index < -0.39 is 5.97 Å². The first-order valence-corrected chi connectivity index (χ1v) is 2.82. The number of esters is 1. The number of carbonyl (C=O) groups excluding carboxylic acids is 1.